The lowest BCUT2D eigenvalue weighted by Crippen LogP contribution is -2.46. The highest BCUT2D eigenvalue weighted by molar-refractivity contribution is 6.03. The first kappa shape index (κ1) is 21.7. The molecule has 3 aromatic rings. The molecule has 180 valence electrons. The molecular formula is C27H26N2O6. The first-order valence-corrected chi connectivity index (χ1v) is 11.9. The largest absolute Gasteiger partial charge is 0.478 e. The van der Waals surface area contributed by atoms with Gasteiger partial charge in [-0.3, -0.25) is 4.79 Å². The van der Waals surface area contributed by atoms with E-state index in [0.717, 1.165) is 29.7 Å². The minimum atomic E-state index is -0.969. The number of carboxylic acid groups (broad SMARTS) is 1. The van der Waals surface area contributed by atoms with Crippen molar-refractivity contribution >= 4 is 11.9 Å². The summed E-state index contributed by atoms with van der Waals surface area (Å²) in [6, 6.07) is 12.8. The SMILES string of the molecule is O=C(O)c1cc(-c2cc3c(cc2C(=O)N2Cc4ccccc4C[C@H]2CO)OCO3)n2c1CCCC2. The van der Waals surface area contributed by atoms with Gasteiger partial charge in [0.2, 0.25) is 6.79 Å². The highest BCUT2D eigenvalue weighted by atomic mass is 16.7. The van der Waals surface area contributed by atoms with Gasteiger partial charge >= 0.3 is 5.97 Å². The molecule has 6 rings (SSSR count). The van der Waals surface area contributed by atoms with Crippen LogP contribution in [0.4, 0.5) is 0 Å². The fourth-order valence-corrected chi connectivity index (χ4v) is 5.56. The van der Waals surface area contributed by atoms with Crippen LogP contribution in [0.1, 0.15) is 50.4 Å². The van der Waals surface area contributed by atoms with Crippen molar-refractivity contribution in [2.24, 2.45) is 0 Å². The molecule has 0 unspecified atom stereocenters. The van der Waals surface area contributed by atoms with E-state index < -0.39 is 5.97 Å². The van der Waals surface area contributed by atoms with E-state index in [1.54, 1.807) is 23.1 Å². The summed E-state index contributed by atoms with van der Waals surface area (Å²) in [5, 5.41) is 20.0. The minimum absolute atomic E-state index is 0.0649. The molecule has 3 aliphatic rings. The maximum Gasteiger partial charge on any atom is 0.337 e. The van der Waals surface area contributed by atoms with Gasteiger partial charge in [-0.05, 0) is 55.0 Å². The molecule has 8 heteroatoms. The Bertz CT molecular complexity index is 1340. The summed E-state index contributed by atoms with van der Waals surface area (Å²) in [7, 11) is 0. The summed E-state index contributed by atoms with van der Waals surface area (Å²) >= 11 is 0. The van der Waals surface area contributed by atoms with E-state index in [-0.39, 0.29) is 30.9 Å². The van der Waals surface area contributed by atoms with Gasteiger partial charge in [0, 0.05) is 24.3 Å². The Kier molecular flexibility index (Phi) is 5.25. The number of carboxylic acids is 1. The Morgan fingerprint density at radius 1 is 1.00 bits per heavy atom. The lowest BCUT2D eigenvalue weighted by molar-refractivity contribution is 0.0544. The summed E-state index contributed by atoms with van der Waals surface area (Å²) in [6.45, 7) is 0.996. The number of aliphatic hydroxyl groups is 1. The molecule has 0 aliphatic carbocycles. The molecule has 2 aromatic carbocycles. The molecule has 0 saturated carbocycles. The Morgan fingerprint density at radius 2 is 1.77 bits per heavy atom. The average molecular weight is 475 g/mol. The standard InChI is InChI=1S/C27H26N2O6/c30-14-18-9-16-5-1-2-6-17(16)13-29(18)26(31)20-12-25-24(34-15-35-25)11-19(20)23-10-21(27(32)33)22-7-3-4-8-28(22)23/h1-2,5-6,10-12,18,30H,3-4,7-9,13-15H2,(H,32,33)/t18-/m0/s1. The van der Waals surface area contributed by atoms with Gasteiger partial charge in [0.1, 0.15) is 0 Å². The van der Waals surface area contributed by atoms with E-state index in [0.29, 0.717) is 54.3 Å². The van der Waals surface area contributed by atoms with E-state index >= 15 is 0 Å². The fourth-order valence-electron chi connectivity index (χ4n) is 5.56. The monoisotopic (exact) mass is 474 g/mol. The van der Waals surface area contributed by atoms with Crippen LogP contribution in [0, 0.1) is 0 Å². The lowest BCUT2D eigenvalue weighted by Gasteiger charge is -2.36. The van der Waals surface area contributed by atoms with Gasteiger partial charge in [0.25, 0.3) is 5.91 Å². The number of aliphatic hydroxyl groups excluding tert-OH is 1. The fraction of sp³-hybridized carbons (Fsp3) is 0.333. The molecule has 0 spiro atoms. The van der Waals surface area contributed by atoms with Crippen molar-refractivity contribution in [3.05, 3.63) is 70.4 Å². The maximum atomic E-state index is 14.1. The van der Waals surface area contributed by atoms with Crippen LogP contribution in [0.2, 0.25) is 0 Å². The number of carbonyl (C=O) groups is 2. The van der Waals surface area contributed by atoms with Crippen LogP contribution in [0.25, 0.3) is 11.3 Å². The van der Waals surface area contributed by atoms with E-state index in [9.17, 15) is 19.8 Å². The second-order valence-electron chi connectivity index (χ2n) is 9.30. The van der Waals surface area contributed by atoms with Crippen molar-refractivity contribution in [1.29, 1.82) is 0 Å². The number of fused-ring (bicyclic) bond motifs is 3. The van der Waals surface area contributed by atoms with Crippen molar-refractivity contribution in [2.75, 3.05) is 13.4 Å². The molecule has 4 heterocycles. The average Bonchev–Trinajstić information content (AvgIpc) is 3.51. The molecule has 0 saturated heterocycles. The smallest absolute Gasteiger partial charge is 0.337 e. The number of hydrogen-bond acceptors (Lipinski definition) is 5. The zero-order valence-electron chi connectivity index (χ0n) is 19.2. The molecule has 0 radical (unpaired) electrons. The molecule has 0 fully saturated rings. The minimum Gasteiger partial charge on any atom is -0.478 e. The van der Waals surface area contributed by atoms with Gasteiger partial charge in [0.15, 0.2) is 11.5 Å². The molecule has 0 bridgehead atoms. The third-order valence-corrected chi connectivity index (χ3v) is 7.33. The van der Waals surface area contributed by atoms with Crippen LogP contribution in [0.5, 0.6) is 11.5 Å². The van der Waals surface area contributed by atoms with E-state index in [4.69, 9.17) is 9.47 Å². The summed E-state index contributed by atoms with van der Waals surface area (Å²) in [4.78, 5) is 27.8. The number of hydrogen-bond donors (Lipinski definition) is 2. The first-order valence-electron chi connectivity index (χ1n) is 11.9. The highest BCUT2D eigenvalue weighted by Crippen LogP contribution is 2.42. The molecular weight excluding hydrogens is 448 g/mol. The van der Waals surface area contributed by atoms with Crippen molar-refractivity contribution in [3.63, 3.8) is 0 Å². The third-order valence-electron chi connectivity index (χ3n) is 7.33. The predicted molar refractivity (Wildman–Crippen MR) is 127 cm³/mol. The van der Waals surface area contributed by atoms with E-state index in [2.05, 4.69) is 0 Å². The van der Waals surface area contributed by atoms with Crippen molar-refractivity contribution in [2.45, 2.75) is 44.8 Å². The number of aromatic carboxylic acids is 1. The topological polar surface area (TPSA) is 101 Å². The van der Waals surface area contributed by atoms with Crippen LogP contribution in [-0.2, 0) is 25.9 Å². The summed E-state index contributed by atoms with van der Waals surface area (Å²) in [5.41, 5.74) is 4.97. The molecule has 1 amide bonds. The third kappa shape index (κ3) is 3.56. The number of ether oxygens (including phenoxy) is 2. The summed E-state index contributed by atoms with van der Waals surface area (Å²) in [5.74, 6) is -0.181. The Labute approximate surface area is 202 Å². The van der Waals surface area contributed by atoms with Crippen molar-refractivity contribution in [1.82, 2.24) is 9.47 Å². The zero-order valence-corrected chi connectivity index (χ0v) is 19.2. The number of benzene rings is 2. The lowest BCUT2D eigenvalue weighted by atomic mass is 9.92. The zero-order chi connectivity index (χ0) is 24.1. The van der Waals surface area contributed by atoms with Crippen LogP contribution in [-0.4, -0.2) is 51.0 Å². The van der Waals surface area contributed by atoms with Gasteiger partial charge in [-0.2, -0.15) is 0 Å². The summed E-state index contributed by atoms with van der Waals surface area (Å²) < 4.78 is 13.2. The van der Waals surface area contributed by atoms with E-state index in [1.807, 2.05) is 28.8 Å². The molecule has 3 aliphatic heterocycles. The van der Waals surface area contributed by atoms with Crippen molar-refractivity contribution in [3.8, 4) is 22.8 Å². The van der Waals surface area contributed by atoms with Crippen LogP contribution in [0.3, 0.4) is 0 Å². The quantitative estimate of drug-likeness (QED) is 0.601. The van der Waals surface area contributed by atoms with Gasteiger partial charge in [-0.1, -0.05) is 24.3 Å². The summed E-state index contributed by atoms with van der Waals surface area (Å²) in [6.07, 6.45) is 3.13. The Hall–Kier alpha value is -3.78. The van der Waals surface area contributed by atoms with Gasteiger partial charge in [-0.15, -0.1) is 0 Å². The Morgan fingerprint density at radius 3 is 2.54 bits per heavy atom. The number of nitrogens with zero attached hydrogens (tertiary/aromatic N) is 2. The molecule has 1 atom stereocenters. The molecule has 35 heavy (non-hydrogen) atoms. The maximum absolute atomic E-state index is 14.1. The predicted octanol–water partition coefficient (Wildman–Crippen LogP) is 3.48. The molecule has 2 N–H and O–H groups in total. The molecule has 1 aromatic heterocycles. The van der Waals surface area contributed by atoms with Crippen LogP contribution in [0.15, 0.2) is 42.5 Å². The number of amides is 1. The number of aromatic nitrogens is 1. The molecule has 8 nitrogen and oxygen atoms in total. The van der Waals surface area contributed by atoms with Gasteiger partial charge < -0.3 is 29.2 Å². The second-order valence-corrected chi connectivity index (χ2v) is 9.30. The van der Waals surface area contributed by atoms with Gasteiger partial charge in [0.05, 0.1) is 29.5 Å². The second kappa shape index (κ2) is 8.46. The Balaban J connectivity index is 1.49. The number of carbonyl (C=O) groups excluding carboxylic acids is 1. The number of rotatable bonds is 4. The van der Waals surface area contributed by atoms with Crippen LogP contribution >= 0.6 is 0 Å². The van der Waals surface area contributed by atoms with E-state index in [1.165, 1.54) is 0 Å². The van der Waals surface area contributed by atoms with Crippen LogP contribution < -0.4 is 9.47 Å². The first-order chi connectivity index (χ1) is 17.0. The normalized spacial score (nSPS) is 18.2. The highest BCUT2D eigenvalue weighted by Gasteiger charge is 2.34. The van der Waals surface area contributed by atoms with Gasteiger partial charge in [-0.25, -0.2) is 4.79 Å². The van der Waals surface area contributed by atoms with Crippen molar-refractivity contribution < 1.29 is 29.3 Å².